The molecule has 1 N–H and O–H groups in total. The summed E-state index contributed by atoms with van der Waals surface area (Å²) in [5, 5.41) is 0.289. The van der Waals surface area contributed by atoms with Gasteiger partial charge >= 0.3 is 5.97 Å². The van der Waals surface area contributed by atoms with Gasteiger partial charge in [-0.15, -0.1) is 0 Å². The first kappa shape index (κ1) is 20.1. The second kappa shape index (κ2) is 7.41. The Labute approximate surface area is 170 Å². The second-order valence-electron chi connectivity index (χ2n) is 6.28. The highest BCUT2D eigenvalue weighted by atomic mass is 35.5. The summed E-state index contributed by atoms with van der Waals surface area (Å²) in [6.07, 6.45) is 0. The lowest BCUT2D eigenvalue weighted by Gasteiger charge is -2.13. The van der Waals surface area contributed by atoms with E-state index in [9.17, 15) is 19.2 Å². The van der Waals surface area contributed by atoms with Gasteiger partial charge in [-0.2, -0.15) is 0 Å². The Balaban J connectivity index is 1.89. The standard InChI is InChI=1S/C19H16Cl2N2O5/c1-4-28-19(27)16-8(2)15(9(3)22-16)14(24)7-23-17(25)10-5-12(20)13(21)6-11(10)18(23)26/h5-6,22H,4,7H2,1-3H3. The van der Waals surface area contributed by atoms with Crippen LogP contribution in [0.15, 0.2) is 12.1 Å². The smallest absolute Gasteiger partial charge is 0.355 e. The monoisotopic (exact) mass is 422 g/mol. The van der Waals surface area contributed by atoms with Crippen molar-refractivity contribution in [3.05, 3.63) is 55.8 Å². The van der Waals surface area contributed by atoms with Gasteiger partial charge in [0.25, 0.3) is 11.8 Å². The van der Waals surface area contributed by atoms with Crippen molar-refractivity contribution in [3.63, 3.8) is 0 Å². The third-order valence-corrected chi connectivity index (χ3v) is 5.23. The Morgan fingerprint density at radius 1 is 1.07 bits per heavy atom. The van der Waals surface area contributed by atoms with Gasteiger partial charge in [0.15, 0.2) is 5.78 Å². The highest BCUT2D eigenvalue weighted by Gasteiger charge is 2.38. The molecule has 0 atom stereocenters. The quantitative estimate of drug-likeness (QED) is 0.451. The van der Waals surface area contributed by atoms with Gasteiger partial charge in [-0.1, -0.05) is 23.2 Å². The number of hydrogen-bond donors (Lipinski definition) is 1. The zero-order valence-electron chi connectivity index (χ0n) is 15.3. The summed E-state index contributed by atoms with van der Waals surface area (Å²) in [7, 11) is 0. The fourth-order valence-corrected chi connectivity index (χ4v) is 3.55. The molecule has 1 aliphatic rings. The normalized spacial score (nSPS) is 13.1. The molecule has 0 unspecified atom stereocenters. The van der Waals surface area contributed by atoms with Crippen LogP contribution in [0.4, 0.5) is 0 Å². The van der Waals surface area contributed by atoms with Crippen LogP contribution < -0.4 is 0 Å². The maximum atomic E-state index is 12.8. The molecule has 9 heteroatoms. The molecule has 1 aliphatic heterocycles. The first-order valence-corrected chi connectivity index (χ1v) is 9.17. The number of ether oxygens (including phenoxy) is 1. The van der Waals surface area contributed by atoms with Crippen LogP contribution in [0.25, 0.3) is 0 Å². The number of halogens is 2. The highest BCUT2D eigenvalue weighted by molar-refractivity contribution is 6.43. The second-order valence-corrected chi connectivity index (χ2v) is 7.09. The number of aromatic amines is 1. The molecule has 2 aromatic rings. The van der Waals surface area contributed by atoms with E-state index >= 15 is 0 Å². The summed E-state index contributed by atoms with van der Waals surface area (Å²) >= 11 is 11.9. The summed E-state index contributed by atoms with van der Waals surface area (Å²) in [4.78, 5) is 53.7. The number of carbonyl (C=O) groups is 4. The Bertz CT molecular complexity index is 1000. The summed E-state index contributed by atoms with van der Waals surface area (Å²) in [6, 6.07) is 2.63. The average molecular weight is 423 g/mol. The van der Waals surface area contributed by atoms with E-state index in [4.69, 9.17) is 27.9 Å². The molecule has 0 bridgehead atoms. The van der Waals surface area contributed by atoms with E-state index in [1.54, 1.807) is 20.8 Å². The van der Waals surface area contributed by atoms with E-state index in [0.717, 1.165) is 4.90 Å². The first-order chi connectivity index (χ1) is 13.2. The van der Waals surface area contributed by atoms with Crippen molar-refractivity contribution in [2.45, 2.75) is 20.8 Å². The fourth-order valence-electron chi connectivity index (χ4n) is 3.23. The number of amides is 2. The molecule has 0 spiro atoms. The van der Waals surface area contributed by atoms with E-state index < -0.39 is 30.1 Å². The number of imide groups is 1. The number of fused-ring (bicyclic) bond motifs is 1. The molecule has 2 heterocycles. The number of aryl methyl sites for hydroxylation is 1. The first-order valence-electron chi connectivity index (χ1n) is 8.42. The lowest BCUT2D eigenvalue weighted by atomic mass is 10.1. The van der Waals surface area contributed by atoms with Crippen LogP contribution in [0, 0.1) is 13.8 Å². The number of benzene rings is 1. The molecule has 28 heavy (non-hydrogen) atoms. The van der Waals surface area contributed by atoms with Crippen LogP contribution in [-0.2, 0) is 4.74 Å². The molecule has 7 nitrogen and oxygen atoms in total. The molecule has 3 rings (SSSR count). The number of hydrogen-bond acceptors (Lipinski definition) is 5. The molecule has 0 saturated carbocycles. The summed E-state index contributed by atoms with van der Waals surface area (Å²) in [5.41, 5.74) is 1.47. The molecule has 1 aromatic carbocycles. The Morgan fingerprint density at radius 3 is 2.11 bits per heavy atom. The molecule has 0 fully saturated rings. The topological polar surface area (TPSA) is 96.5 Å². The van der Waals surface area contributed by atoms with E-state index in [2.05, 4.69) is 4.98 Å². The van der Waals surface area contributed by atoms with Gasteiger partial charge in [0, 0.05) is 11.3 Å². The number of rotatable bonds is 5. The number of H-pyrrole nitrogens is 1. The van der Waals surface area contributed by atoms with Crippen molar-refractivity contribution < 1.29 is 23.9 Å². The van der Waals surface area contributed by atoms with Crippen molar-refractivity contribution in [1.82, 2.24) is 9.88 Å². The molecule has 0 aliphatic carbocycles. The number of esters is 1. The molecule has 1 aromatic heterocycles. The van der Waals surface area contributed by atoms with Crippen LogP contribution in [0.2, 0.25) is 10.0 Å². The Morgan fingerprint density at radius 2 is 1.61 bits per heavy atom. The van der Waals surface area contributed by atoms with Gasteiger partial charge in [-0.3, -0.25) is 19.3 Å². The van der Waals surface area contributed by atoms with Crippen molar-refractivity contribution in [2.75, 3.05) is 13.2 Å². The largest absolute Gasteiger partial charge is 0.461 e. The van der Waals surface area contributed by atoms with E-state index in [1.807, 2.05) is 0 Å². The van der Waals surface area contributed by atoms with E-state index in [0.29, 0.717) is 11.3 Å². The van der Waals surface area contributed by atoms with Crippen molar-refractivity contribution in [1.29, 1.82) is 0 Å². The fraction of sp³-hybridized carbons (Fsp3) is 0.263. The highest BCUT2D eigenvalue weighted by Crippen LogP contribution is 2.32. The molecular weight excluding hydrogens is 407 g/mol. The number of aromatic nitrogens is 1. The zero-order valence-corrected chi connectivity index (χ0v) is 16.8. The van der Waals surface area contributed by atoms with Crippen LogP contribution >= 0.6 is 23.2 Å². The predicted octanol–water partition coefficient (Wildman–Crippen LogP) is 3.59. The van der Waals surface area contributed by atoms with Crippen molar-refractivity contribution in [2.24, 2.45) is 0 Å². The SMILES string of the molecule is CCOC(=O)c1[nH]c(C)c(C(=O)CN2C(=O)c3cc(Cl)c(Cl)cc3C2=O)c1C. The number of nitrogens with zero attached hydrogens (tertiary/aromatic N) is 1. The molecule has 146 valence electrons. The Hall–Kier alpha value is -2.64. The van der Waals surface area contributed by atoms with Crippen LogP contribution in [0.5, 0.6) is 0 Å². The lowest BCUT2D eigenvalue weighted by molar-refractivity contribution is 0.0518. The predicted molar refractivity (Wildman–Crippen MR) is 102 cm³/mol. The minimum Gasteiger partial charge on any atom is -0.461 e. The molecule has 0 saturated heterocycles. The van der Waals surface area contributed by atoms with Gasteiger partial charge in [0.1, 0.15) is 5.69 Å². The number of carbonyl (C=O) groups excluding carboxylic acids is 4. The average Bonchev–Trinajstić information content (AvgIpc) is 3.05. The number of Topliss-reactive ketones (excluding diaryl/α,β-unsaturated/α-hetero) is 1. The summed E-state index contributed by atoms with van der Waals surface area (Å²) in [6.45, 7) is 4.63. The van der Waals surface area contributed by atoms with Gasteiger partial charge in [-0.05, 0) is 38.5 Å². The molecule has 0 radical (unpaired) electrons. The van der Waals surface area contributed by atoms with Gasteiger partial charge < -0.3 is 9.72 Å². The Kier molecular flexibility index (Phi) is 5.32. The van der Waals surface area contributed by atoms with E-state index in [-0.39, 0.29) is 39.0 Å². The van der Waals surface area contributed by atoms with Crippen LogP contribution in [0.1, 0.15) is 59.7 Å². The van der Waals surface area contributed by atoms with Crippen LogP contribution in [0.3, 0.4) is 0 Å². The zero-order chi connectivity index (χ0) is 20.7. The molecular formula is C19H16Cl2N2O5. The van der Waals surface area contributed by atoms with Gasteiger partial charge in [0.2, 0.25) is 0 Å². The summed E-state index contributed by atoms with van der Waals surface area (Å²) < 4.78 is 4.96. The summed E-state index contributed by atoms with van der Waals surface area (Å²) in [5.74, 6) is -2.30. The lowest BCUT2D eigenvalue weighted by Crippen LogP contribution is -2.35. The van der Waals surface area contributed by atoms with Gasteiger partial charge in [-0.25, -0.2) is 4.79 Å². The number of ketones is 1. The molecule has 2 amide bonds. The third kappa shape index (κ3) is 3.21. The van der Waals surface area contributed by atoms with Crippen molar-refractivity contribution >= 4 is 46.8 Å². The van der Waals surface area contributed by atoms with Crippen LogP contribution in [-0.4, -0.2) is 46.6 Å². The minimum atomic E-state index is -0.622. The minimum absolute atomic E-state index is 0.0990. The van der Waals surface area contributed by atoms with Gasteiger partial charge in [0.05, 0.1) is 34.3 Å². The van der Waals surface area contributed by atoms with E-state index in [1.165, 1.54) is 12.1 Å². The van der Waals surface area contributed by atoms with Crippen molar-refractivity contribution in [3.8, 4) is 0 Å². The maximum Gasteiger partial charge on any atom is 0.355 e. The third-order valence-electron chi connectivity index (χ3n) is 4.51. The maximum absolute atomic E-state index is 12.8. The number of nitrogens with one attached hydrogen (secondary N) is 1.